The van der Waals surface area contributed by atoms with Crippen LogP contribution in [0.25, 0.3) is 122 Å². The topological polar surface area (TPSA) is 61.7 Å². The Balaban J connectivity index is 0.970. The van der Waals surface area contributed by atoms with Crippen molar-refractivity contribution in [1.82, 2.24) is 24.1 Å². The second-order valence-corrected chi connectivity index (χ2v) is 16.0. The number of hydrogen-bond donors (Lipinski definition) is 0. The van der Waals surface area contributed by atoms with Gasteiger partial charge in [0.05, 0.1) is 22.1 Å². The minimum absolute atomic E-state index is 0.622. The lowest BCUT2D eigenvalue weighted by atomic mass is 9.98. The second kappa shape index (κ2) is 14.0. The number of benzene rings is 9. The van der Waals surface area contributed by atoms with E-state index in [4.69, 9.17) is 19.4 Å². The third-order valence-corrected chi connectivity index (χ3v) is 12.4. The lowest BCUT2D eigenvalue weighted by molar-refractivity contribution is 0.669. The van der Waals surface area contributed by atoms with Crippen LogP contribution < -0.4 is 0 Å². The van der Waals surface area contributed by atoms with E-state index in [0.717, 1.165) is 77.6 Å². The molecule has 0 aliphatic heterocycles. The van der Waals surface area contributed by atoms with Gasteiger partial charge in [0.25, 0.3) is 0 Å². The zero-order chi connectivity index (χ0) is 41.4. The molecule has 9 aromatic carbocycles. The molecule has 0 bridgehead atoms. The van der Waals surface area contributed by atoms with Crippen molar-refractivity contribution in [3.63, 3.8) is 0 Å². The van der Waals surface area contributed by atoms with E-state index in [0.29, 0.717) is 17.5 Å². The lowest BCUT2D eigenvalue weighted by Gasteiger charge is -2.12. The average Bonchev–Trinajstić information content (AvgIpc) is 4.02. The van der Waals surface area contributed by atoms with E-state index >= 15 is 0 Å². The van der Waals surface area contributed by atoms with Crippen molar-refractivity contribution in [2.45, 2.75) is 0 Å². The molecule has 6 heteroatoms. The Hall–Kier alpha value is -8.61. The summed E-state index contributed by atoms with van der Waals surface area (Å²) < 4.78 is 11.0. The first-order valence-corrected chi connectivity index (χ1v) is 21.2. The summed E-state index contributed by atoms with van der Waals surface area (Å²) in [5.74, 6) is 1.90. The maximum absolute atomic E-state index is 6.21. The fraction of sp³-hybridized carbons (Fsp3) is 0. The van der Waals surface area contributed by atoms with Gasteiger partial charge in [0.15, 0.2) is 17.5 Å². The van der Waals surface area contributed by atoms with Crippen molar-refractivity contribution in [3.8, 4) is 56.7 Å². The highest BCUT2D eigenvalue weighted by Gasteiger charge is 2.20. The van der Waals surface area contributed by atoms with E-state index in [1.165, 1.54) is 27.1 Å². The van der Waals surface area contributed by atoms with Crippen LogP contribution in [-0.2, 0) is 0 Å². The summed E-state index contributed by atoms with van der Waals surface area (Å²) in [5, 5.41) is 7.04. The monoisotopic (exact) mass is 805 g/mol. The molecule has 0 amide bonds. The van der Waals surface area contributed by atoms with Crippen LogP contribution in [0.4, 0.5) is 0 Å². The molecule has 0 aliphatic rings. The van der Waals surface area contributed by atoms with Gasteiger partial charge in [-0.25, -0.2) is 15.0 Å². The second-order valence-electron chi connectivity index (χ2n) is 16.0. The van der Waals surface area contributed by atoms with Crippen LogP contribution in [0, 0.1) is 0 Å². The first-order valence-electron chi connectivity index (χ1n) is 21.2. The molecule has 0 saturated heterocycles. The van der Waals surface area contributed by atoms with Crippen LogP contribution in [0.3, 0.4) is 0 Å². The molecule has 13 aromatic rings. The number of hydrogen-bond acceptors (Lipinski definition) is 4. The number of fused-ring (bicyclic) bond motifs is 9. The van der Waals surface area contributed by atoms with Crippen molar-refractivity contribution in [1.29, 1.82) is 0 Å². The highest BCUT2D eigenvalue weighted by Crippen LogP contribution is 2.42. The summed E-state index contributed by atoms with van der Waals surface area (Å²) in [6, 6.07) is 74.6. The molecule has 6 nitrogen and oxygen atoms in total. The number of rotatable bonds is 6. The van der Waals surface area contributed by atoms with E-state index in [1.807, 2.05) is 72.8 Å². The van der Waals surface area contributed by atoms with Gasteiger partial charge in [-0.2, -0.15) is 0 Å². The van der Waals surface area contributed by atoms with Gasteiger partial charge >= 0.3 is 0 Å². The molecule has 0 atom stereocenters. The molecule has 0 radical (unpaired) electrons. The SMILES string of the molecule is c1ccc(-c2nc(-c3ccccc3)nc(-c3cccc(-n4c5ccccc5c5c(-c6ccc7c(c6)c6ccccc6n7-c6ccc7oc8ccccc8c7c6)cccc54)c3)n2)cc1. The molecule has 0 fully saturated rings. The zero-order valence-electron chi connectivity index (χ0n) is 33.9. The van der Waals surface area contributed by atoms with Crippen LogP contribution in [0.2, 0.25) is 0 Å². The van der Waals surface area contributed by atoms with Gasteiger partial charge in [-0.05, 0) is 77.9 Å². The predicted octanol–water partition coefficient (Wildman–Crippen LogP) is 14.6. The Bertz CT molecular complexity index is 3860. The van der Waals surface area contributed by atoms with Crippen molar-refractivity contribution in [3.05, 3.63) is 212 Å². The molecule has 294 valence electrons. The van der Waals surface area contributed by atoms with Gasteiger partial charge in [-0.15, -0.1) is 0 Å². The van der Waals surface area contributed by atoms with E-state index in [-0.39, 0.29) is 0 Å². The Morgan fingerprint density at radius 2 is 0.841 bits per heavy atom. The van der Waals surface area contributed by atoms with Crippen molar-refractivity contribution < 1.29 is 4.42 Å². The fourth-order valence-corrected chi connectivity index (χ4v) is 9.53. The molecule has 4 aromatic heterocycles. The number of aromatic nitrogens is 5. The van der Waals surface area contributed by atoms with E-state index in [2.05, 4.69) is 149 Å². The van der Waals surface area contributed by atoms with Crippen LogP contribution in [0.5, 0.6) is 0 Å². The van der Waals surface area contributed by atoms with Gasteiger partial charge < -0.3 is 13.6 Å². The predicted molar refractivity (Wildman–Crippen MR) is 258 cm³/mol. The normalized spacial score (nSPS) is 11.8. The lowest BCUT2D eigenvalue weighted by Crippen LogP contribution is -2.01. The van der Waals surface area contributed by atoms with Crippen LogP contribution in [0.1, 0.15) is 0 Å². The molecule has 0 saturated carbocycles. The average molecular weight is 806 g/mol. The number of nitrogens with zero attached hydrogens (tertiary/aromatic N) is 5. The first-order chi connectivity index (χ1) is 31.2. The van der Waals surface area contributed by atoms with E-state index < -0.39 is 0 Å². The first kappa shape index (κ1) is 35.2. The molecule has 4 heterocycles. The third kappa shape index (κ3) is 5.62. The van der Waals surface area contributed by atoms with Crippen LogP contribution in [0.15, 0.2) is 217 Å². The zero-order valence-corrected chi connectivity index (χ0v) is 33.9. The molecule has 13 rings (SSSR count). The molecule has 63 heavy (non-hydrogen) atoms. The number of para-hydroxylation sites is 3. The summed E-state index contributed by atoms with van der Waals surface area (Å²) in [7, 11) is 0. The maximum atomic E-state index is 6.21. The Labute approximate surface area is 361 Å². The Morgan fingerprint density at radius 3 is 1.60 bits per heavy atom. The quantitative estimate of drug-likeness (QED) is 0.168. The van der Waals surface area contributed by atoms with Crippen molar-refractivity contribution in [2.75, 3.05) is 0 Å². The minimum atomic E-state index is 0.622. The standard InChI is InChI=1S/C57H35N5O/c1-3-15-36(16-4-1)55-58-56(37-17-5-2-6-18-37)60-57(59-55)39-19-13-20-40(33-39)62-49-26-11-8-23-45(49)54-42(24-14-27-51(54)62)38-29-31-50-46(34-38)43-21-7-10-25-48(43)61(50)41-30-32-53-47(35-41)44-22-9-12-28-52(44)63-53/h1-35H. The van der Waals surface area contributed by atoms with E-state index in [9.17, 15) is 0 Å². The summed E-state index contributed by atoms with van der Waals surface area (Å²) in [4.78, 5) is 15.0. The fourth-order valence-electron chi connectivity index (χ4n) is 9.53. The van der Waals surface area contributed by atoms with Crippen molar-refractivity contribution >= 4 is 65.6 Å². The molecule has 0 aliphatic carbocycles. The Kier molecular flexibility index (Phi) is 7.80. The largest absolute Gasteiger partial charge is 0.456 e. The highest BCUT2D eigenvalue weighted by atomic mass is 16.3. The third-order valence-electron chi connectivity index (χ3n) is 12.4. The molecule has 0 N–H and O–H groups in total. The molecule has 0 unspecified atom stereocenters. The van der Waals surface area contributed by atoms with Crippen LogP contribution in [-0.4, -0.2) is 24.1 Å². The van der Waals surface area contributed by atoms with Crippen LogP contribution >= 0.6 is 0 Å². The Morgan fingerprint density at radius 1 is 0.302 bits per heavy atom. The molecular formula is C57H35N5O. The van der Waals surface area contributed by atoms with Gasteiger partial charge in [-0.1, -0.05) is 146 Å². The smallest absolute Gasteiger partial charge is 0.164 e. The summed E-state index contributed by atoms with van der Waals surface area (Å²) in [6.45, 7) is 0. The van der Waals surface area contributed by atoms with E-state index in [1.54, 1.807) is 0 Å². The van der Waals surface area contributed by atoms with Gasteiger partial charge in [0.2, 0.25) is 0 Å². The van der Waals surface area contributed by atoms with Crippen molar-refractivity contribution in [2.24, 2.45) is 0 Å². The van der Waals surface area contributed by atoms with Gasteiger partial charge in [0, 0.05) is 60.4 Å². The summed E-state index contributed by atoms with van der Waals surface area (Å²) in [5.41, 5.74) is 13.6. The number of furan rings is 1. The molecular weight excluding hydrogens is 771 g/mol. The summed E-state index contributed by atoms with van der Waals surface area (Å²) in [6.07, 6.45) is 0. The molecule has 0 spiro atoms. The minimum Gasteiger partial charge on any atom is -0.456 e. The van der Waals surface area contributed by atoms with Gasteiger partial charge in [0.1, 0.15) is 11.2 Å². The maximum Gasteiger partial charge on any atom is 0.164 e. The van der Waals surface area contributed by atoms with Gasteiger partial charge in [-0.3, -0.25) is 0 Å². The summed E-state index contributed by atoms with van der Waals surface area (Å²) >= 11 is 0. The highest BCUT2D eigenvalue weighted by molar-refractivity contribution is 6.17.